The van der Waals surface area contributed by atoms with Gasteiger partial charge < -0.3 is 14.2 Å². The number of hydrogen-bond acceptors (Lipinski definition) is 4. The summed E-state index contributed by atoms with van der Waals surface area (Å²) in [6, 6.07) is 0. The summed E-state index contributed by atoms with van der Waals surface area (Å²) in [4.78, 5) is 10.8. The second kappa shape index (κ2) is 4.88. The van der Waals surface area contributed by atoms with Gasteiger partial charge in [0.25, 0.3) is 0 Å². The van der Waals surface area contributed by atoms with Gasteiger partial charge in [0, 0.05) is 19.8 Å². The molecule has 0 aliphatic carbocycles. The van der Waals surface area contributed by atoms with E-state index in [1.807, 2.05) is 6.92 Å². The Morgan fingerprint density at radius 3 is 2.57 bits per heavy atom. The van der Waals surface area contributed by atoms with Gasteiger partial charge in [0.2, 0.25) is 5.79 Å². The monoisotopic (exact) mass is 200 g/mol. The molecule has 14 heavy (non-hydrogen) atoms. The zero-order chi connectivity index (χ0) is 10.4. The van der Waals surface area contributed by atoms with Gasteiger partial charge >= 0.3 is 5.97 Å². The molecular weight excluding hydrogens is 184 g/mol. The molecule has 0 spiro atoms. The number of carbonyl (C=O) groups is 1. The molecule has 0 saturated heterocycles. The van der Waals surface area contributed by atoms with Gasteiger partial charge in [-0.2, -0.15) is 0 Å². The number of esters is 1. The molecule has 1 aliphatic rings. The molecule has 0 aromatic heterocycles. The Bertz CT molecular complexity index is 214. The van der Waals surface area contributed by atoms with Crippen LogP contribution in [0.5, 0.6) is 0 Å². The van der Waals surface area contributed by atoms with E-state index in [-0.39, 0.29) is 5.97 Å². The number of carbonyl (C=O) groups excluding carboxylic acids is 1. The first kappa shape index (κ1) is 10.9. The number of methoxy groups -OCH3 is 1. The van der Waals surface area contributed by atoms with Crippen LogP contribution in [0.3, 0.4) is 0 Å². The Morgan fingerprint density at radius 2 is 2.00 bits per heavy atom. The van der Waals surface area contributed by atoms with Crippen molar-refractivity contribution in [1.29, 1.82) is 0 Å². The molecule has 0 N–H and O–H groups in total. The molecule has 0 saturated carbocycles. The summed E-state index contributed by atoms with van der Waals surface area (Å²) in [7, 11) is 1.40. The van der Waals surface area contributed by atoms with Gasteiger partial charge in [-0.05, 0) is 12.8 Å². The fourth-order valence-corrected chi connectivity index (χ4v) is 1.31. The van der Waals surface area contributed by atoms with Gasteiger partial charge in [-0.25, -0.2) is 0 Å². The third-order valence-corrected chi connectivity index (χ3v) is 2.18. The minimum absolute atomic E-state index is 0.165. The molecule has 0 atom stereocenters. The van der Waals surface area contributed by atoms with Gasteiger partial charge in [0.15, 0.2) is 0 Å². The molecule has 1 rings (SSSR count). The van der Waals surface area contributed by atoms with Gasteiger partial charge in [0.1, 0.15) is 12.5 Å². The standard InChI is InChI=1S/C10H16O4/c1-10(13-7-8-14-10)6-4-3-5-9(11)12-2/h7-8H,3-6H2,1-2H3. The summed E-state index contributed by atoms with van der Waals surface area (Å²) in [6.07, 6.45) is 6.00. The first-order valence-electron chi connectivity index (χ1n) is 4.74. The molecule has 0 unspecified atom stereocenters. The topological polar surface area (TPSA) is 44.8 Å². The Hall–Kier alpha value is -1.19. The predicted octanol–water partition coefficient (Wildman–Crippen LogP) is 1.95. The molecule has 0 fully saturated rings. The molecule has 0 radical (unpaired) electrons. The lowest BCUT2D eigenvalue weighted by molar-refractivity contribution is -0.142. The number of unbranched alkanes of at least 4 members (excludes halogenated alkanes) is 1. The van der Waals surface area contributed by atoms with E-state index in [1.165, 1.54) is 7.11 Å². The zero-order valence-electron chi connectivity index (χ0n) is 8.62. The van der Waals surface area contributed by atoms with E-state index in [1.54, 1.807) is 12.5 Å². The second-order valence-electron chi connectivity index (χ2n) is 3.42. The van der Waals surface area contributed by atoms with Crippen LogP contribution in [0.1, 0.15) is 32.6 Å². The van der Waals surface area contributed by atoms with E-state index < -0.39 is 5.79 Å². The van der Waals surface area contributed by atoms with Gasteiger partial charge in [-0.1, -0.05) is 0 Å². The summed E-state index contributed by atoms with van der Waals surface area (Å²) in [5, 5.41) is 0. The van der Waals surface area contributed by atoms with Crippen molar-refractivity contribution in [2.45, 2.75) is 38.4 Å². The quantitative estimate of drug-likeness (QED) is 0.502. The molecular formula is C10H16O4. The maximum Gasteiger partial charge on any atom is 0.305 e. The first-order valence-corrected chi connectivity index (χ1v) is 4.74. The highest BCUT2D eigenvalue weighted by Gasteiger charge is 2.28. The average molecular weight is 200 g/mol. The molecule has 1 heterocycles. The molecule has 0 bridgehead atoms. The summed E-state index contributed by atoms with van der Waals surface area (Å²) in [6.45, 7) is 1.88. The van der Waals surface area contributed by atoms with Crippen molar-refractivity contribution in [3.05, 3.63) is 12.5 Å². The van der Waals surface area contributed by atoms with Crippen LogP contribution < -0.4 is 0 Å². The van der Waals surface area contributed by atoms with E-state index in [0.717, 1.165) is 19.3 Å². The van der Waals surface area contributed by atoms with Crippen LogP contribution in [0.2, 0.25) is 0 Å². The molecule has 0 amide bonds. The van der Waals surface area contributed by atoms with Crippen molar-refractivity contribution < 1.29 is 19.0 Å². The highest BCUT2D eigenvalue weighted by molar-refractivity contribution is 5.68. The van der Waals surface area contributed by atoms with Crippen molar-refractivity contribution in [2.75, 3.05) is 7.11 Å². The van der Waals surface area contributed by atoms with Crippen LogP contribution in [-0.4, -0.2) is 18.9 Å². The molecule has 80 valence electrons. The van der Waals surface area contributed by atoms with Gasteiger partial charge in [-0.3, -0.25) is 4.79 Å². The molecule has 0 aromatic carbocycles. The minimum atomic E-state index is -0.532. The molecule has 1 aliphatic heterocycles. The largest absolute Gasteiger partial charge is 0.469 e. The van der Waals surface area contributed by atoms with E-state index in [9.17, 15) is 4.79 Å². The fourth-order valence-electron chi connectivity index (χ4n) is 1.31. The lowest BCUT2D eigenvalue weighted by Gasteiger charge is -2.22. The van der Waals surface area contributed by atoms with Crippen molar-refractivity contribution in [2.24, 2.45) is 0 Å². The Kier molecular flexibility index (Phi) is 3.80. The average Bonchev–Trinajstić information content (AvgIpc) is 2.60. The predicted molar refractivity (Wildman–Crippen MR) is 50.2 cm³/mol. The maximum absolute atomic E-state index is 10.8. The van der Waals surface area contributed by atoms with Crippen LogP contribution in [0, 0.1) is 0 Å². The van der Waals surface area contributed by atoms with Crippen molar-refractivity contribution in [3.8, 4) is 0 Å². The Labute approximate surface area is 83.8 Å². The van der Waals surface area contributed by atoms with E-state index in [4.69, 9.17) is 9.47 Å². The van der Waals surface area contributed by atoms with Crippen LogP contribution in [-0.2, 0) is 19.0 Å². The highest BCUT2D eigenvalue weighted by Crippen LogP contribution is 2.25. The fraction of sp³-hybridized carbons (Fsp3) is 0.700. The number of hydrogen-bond donors (Lipinski definition) is 0. The maximum atomic E-state index is 10.8. The van der Waals surface area contributed by atoms with Gasteiger partial charge in [0.05, 0.1) is 7.11 Å². The van der Waals surface area contributed by atoms with Gasteiger partial charge in [-0.15, -0.1) is 0 Å². The molecule has 4 heteroatoms. The lowest BCUT2D eigenvalue weighted by atomic mass is 10.1. The summed E-state index contributed by atoms with van der Waals surface area (Å²) >= 11 is 0. The highest BCUT2D eigenvalue weighted by atomic mass is 16.7. The first-order chi connectivity index (χ1) is 6.66. The number of ether oxygens (including phenoxy) is 3. The minimum Gasteiger partial charge on any atom is -0.469 e. The molecule has 0 aromatic rings. The van der Waals surface area contributed by atoms with Crippen LogP contribution in [0.15, 0.2) is 12.5 Å². The third kappa shape index (κ3) is 3.28. The normalized spacial score (nSPS) is 17.3. The summed E-state index contributed by atoms with van der Waals surface area (Å²) in [5.41, 5.74) is 0. The second-order valence-corrected chi connectivity index (χ2v) is 3.42. The molecule has 4 nitrogen and oxygen atoms in total. The van der Waals surface area contributed by atoms with E-state index in [0.29, 0.717) is 6.42 Å². The SMILES string of the molecule is COC(=O)CCCCC1(C)OC=CO1. The van der Waals surface area contributed by atoms with Crippen LogP contribution >= 0.6 is 0 Å². The Balaban J connectivity index is 2.06. The smallest absolute Gasteiger partial charge is 0.305 e. The van der Waals surface area contributed by atoms with E-state index in [2.05, 4.69) is 4.74 Å². The van der Waals surface area contributed by atoms with Crippen LogP contribution in [0.25, 0.3) is 0 Å². The number of rotatable bonds is 5. The summed E-state index contributed by atoms with van der Waals surface area (Å²) < 4.78 is 15.0. The zero-order valence-corrected chi connectivity index (χ0v) is 8.62. The summed E-state index contributed by atoms with van der Waals surface area (Å²) in [5.74, 6) is -0.697. The van der Waals surface area contributed by atoms with Crippen molar-refractivity contribution in [1.82, 2.24) is 0 Å². The van der Waals surface area contributed by atoms with Crippen molar-refractivity contribution in [3.63, 3.8) is 0 Å². The Morgan fingerprint density at radius 1 is 1.36 bits per heavy atom. The third-order valence-electron chi connectivity index (χ3n) is 2.18. The van der Waals surface area contributed by atoms with Crippen molar-refractivity contribution >= 4 is 5.97 Å². The van der Waals surface area contributed by atoms with E-state index >= 15 is 0 Å². The lowest BCUT2D eigenvalue weighted by Crippen LogP contribution is -2.24. The van der Waals surface area contributed by atoms with Crippen LogP contribution in [0.4, 0.5) is 0 Å².